The third-order valence-electron chi connectivity index (χ3n) is 10.6. The SMILES string of the molecule is C/C=C1\CN2[C@@H]3C[C@@]45c6ccc(OC)cc6N[C@]4(O3)[C@@H]2C[C@H]1C5(COC(=O)c1cc(OC)c(OC)c(OC)c1)C(=O)OC. The van der Waals surface area contributed by atoms with E-state index in [1.54, 1.807) is 19.2 Å². The number of piperidine rings is 2. The Morgan fingerprint density at radius 1 is 1.05 bits per heavy atom. The number of hydrogen-bond acceptors (Lipinski definition) is 11. The zero-order valence-electron chi connectivity index (χ0n) is 25.1. The van der Waals surface area contributed by atoms with Crippen LogP contribution in [0.5, 0.6) is 23.0 Å². The molecule has 5 aliphatic rings. The lowest BCUT2D eigenvalue weighted by atomic mass is 9.42. The van der Waals surface area contributed by atoms with Gasteiger partial charge in [-0.1, -0.05) is 17.7 Å². The molecule has 2 aromatic carbocycles. The number of rotatable bonds is 8. The van der Waals surface area contributed by atoms with Gasteiger partial charge in [-0.15, -0.1) is 0 Å². The highest BCUT2D eigenvalue weighted by molar-refractivity contribution is 5.92. The second-order valence-electron chi connectivity index (χ2n) is 11.7. The molecule has 3 saturated heterocycles. The van der Waals surface area contributed by atoms with Crippen LogP contribution in [0.25, 0.3) is 0 Å². The number of anilines is 1. The molecular weight excluding hydrogens is 556 g/mol. The number of carbonyl (C=O) groups excluding carboxylic acids is 2. The van der Waals surface area contributed by atoms with E-state index in [9.17, 15) is 9.59 Å². The van der Waals surface area contributed by atoms with Gasteiger partial charge in [0.05, 0.1) is 52.6 Å². The first-order valence-electron chi connectivity index (χ1n) is 14.4. The first-order chi connectivity index (χ1) is 20.8. The predicted octanol–water partition coefficient (Wildman–Crippen LogP) is 3.51. The van der Waals surface area contributed by atoms with Gasteiger partial charge in [0.25, 0.3) is 0 Å². The molecule has 11 heteroatoms. The molecule has 0 aromatic heterocycles. The van der Waals surface area contributed by atoms with E-state index in [1.165, 1.54) is 28.4 Å². The molecule has 0 amide bonds. The number of esters is 2. The van der Waals surface area contributed by atoms with Gasteiger partial charge in [0.1, 0.15) is 24.0 Å². The Labute approximate surface area is 249 Å². The third-order valence-corrected chi connectivity index (χ3v) is 10.6. The molecular formula is C32H36N2O9. The van der Waals surface area contributed by atoms with Crippen LogP contribution in [-0.4, -0.2) is 83.5 Å². The Hall–Kier alpha value is -3.96. The quantitative estimate of drug-likeness (QED) is 0.359. The van der Waals surface area contributed by atoms with Crippen LogP contribution in [-0.2, 0) is 24.4 Å². The van der Waals surface area contributed by atoms with E-state index in [0.717, 1.165) is 16.8 Å². The summed E-state index contributed by atoms with van der Waals surface area (Å²) in [4.78, 5) is 30.7. The van der Waals surface area contributed by atoms with E-state index in [4.69, 9.17) is 33.2 Å². The van der Waals surface area contributed by atoms with Crippen molar-refractivity contribution in [2.24, 2.45) is 11.3 Å². The molecule has 2 aromatic rings. The molecule has 11 nitrogen and oxygen atoms in total. The average molecular weight is 593 g/mol. The first kappa shape index (κ1) is 27.8. The monoisotopic (exact) mass is 592 g/mol. The first-order valence-corrected chi connectivity index (χ1v) is 14.4. The van der Waals surface area contributed by atoms with Crippen LogP contribution in [0.2, 0.25) is 0 Å². The third kappa shape index (κ3) is 3.21. The van der Waals surface area contributed by atoms with Gasteiger partial charge in [0.2, 0.25) is 5.75 Å². The fourth-order valence-electron chi connectivity index (χ4n) is 8.92. The second-order valence-corrected chi connectivity index (χ2v) is 11.7. The van der Waals surface area contributed by atoms with E-state index in [2.05, 4.69) is 16.3 Å². The number of benzene rings is 2. The molecule has 4 heterocycles. The summed E-state index contributed by atoms with van der Waals surface area (Å²) in [6, 6.07) is 8.96. The van der Waals surface area contributed by atoms with Gasteiger partial charge >= 0.3 is 11.9 Å². The van der Waals surface area contributed by atoms with Gasteiger partial charge in [0, 0.05) is 30.6 Å². The number of nitrogens with zero attached hydrogens (tertiary/aromatic N) is 1. The molecule has 1 N–H and O–H groups in total. The van der Waals surface area contributed by atoms with Crippen molar-refractivity contribution < 1.29 is 42.7 Å². The number of ether oxygens (including phenoxy) is 7. The Balaban J connectivity index is 1.39. The summed E-state index contributed by atoms with van der Waals surface area (Å²) in [5.41, 5.74) is 0.0224. The molecule has 1 aliphatic carbocycles. The zero-order valence-corrected chi connectivity index (χ0v) is 25.1. The van der Waals surface area contributed by atoms with E-state index < -0.39 is 28.5 Å². The molecule has 1 saturated carbocycles. The van der Waals surface area contributed by atoms with Crippen LogP contribution in [0.15, 0.2) is 42.0 Å². The fraction of sp³-hybridized carbons (Fsp3) is 0.500. The number of methoxy groups -OCH3 is 5. The summed E-state index contributed by atoms with van der Waals surface area (Å²) < 4.78 is 40.6. The highest BCUT2D eigenvalue weighted by Crippen LogP contribution is 2.76. The number of nitrogens with one attached hydrogen (secondary N) is 1. The fourth-order valence-corrected chi connectivity index (χ4v) is 8.92. The van der Waals surface area contributed by atoms with Gasteiger partial charge in [0.15, 0.2) is 17.2 Å². The second kappa shape index (κ2) is 9.52. The highest BCUT2D eigenvalue weighted by Gasteiger charge is 2.87. The summed E-state index contributed by atoms with van der Waals surface area (Å²) in [5.74, 6) is 0.397. The van der Waals surface area contributed by atoms with Crippen LogP contribution in [0.4, 0.5) is 5.69 Å². The number of hydrogen-bond donors (Lipinski definition) is 1. The van der Waals surface area contributed by atoms with Gasteiger partial charge in [-0.3, -0.25) is 9.69 Å². The normalized spacial score (nSPS) is 33.4. The molecule has 0 radical (unpaired) electrons. The minimum Gasteiger partial charge on any atom is -0.497 e. The standard InChI is InChI=1S/C32H36N2O9/c1-7-17-15-34-25-13-21(17)30(29(36)41-6,16-42-28(35)18-10-23(38-3)27(40-5)24(11-18)39-4)31-14-26(34)43-32(25,31)33-22-12-19(37-2)8-9-20(22)31/h7-12,21,25-26,33H,13-16H2,1-6H3/b17-7+/t21-,25+,26+,30?,31+,32+/m1/s1. The minimum atomic E-state index is -1.29. The van der Waals surface area contributed by atoms with Crippen LogP contribution in [0.3, 0.4) is 0 Å². The van der Waals surface area contributed by atoms with Gasteiger partial charge in [-0.05, 0) is 37.1 Å². The van der Waals surface area contributed by atoms with Crippen molar-refractivity contribution in [1.29, 1.82) is 0 Å². The zero-order chi connectivity index (χ0) is 30.3. The average Bonchev–Trinajstić information content (AvgIpc) is 3.65. The molecule has 43 heavy (non-hydrogen) atoms. The molecule has 228 valence electrons. The van der Waals surface area contributed by atoms with E-state index >= 15 is 0 Å². The molecule has 1 spiro atoms. The Morgan fingerprint density at radius 2 is 1.79 bits per heavy atom. The Bertz CT molecular complexity index is 1530. The summed E-state index contributed by atoms with van der Waals surface area (Å²) >= 11 is 0. The number of carbonyl (C=O) groups is 2. The number of allylic oxidation sites excluding steroid dienone is 1. The lowest BCUT2D eigenvalue weighted by Crippen LogP contribution is -2.78. The minimum absolute atomic E-state index is 0.0157. The topological polar surface area (TPSA) is 114 Å². The molecule has 1 unspecified atom stereocenters. The van der Waals surface area contributed by atoms with Crippen molar-refractivity contribution in [2.75, 3.05) is 54.0 Å². The van der Waals surface area contributed by atoms with Crippen molar-refractivity contribution in [1.82, 2.24) is 4.90 Å². The largest absolute Gasteiger partial charge is 0.497 e. The Kier molecular flexibility index (Phi) is 6.17. The van der Waals surface area contributed by atoms with Gasteiger partial charge in [-0.25, -0.2) is 4.79 Å². The van der Waals surface area contributed by atoms with E-state index in [0.29, 0.717) is 42.4 Å². The van der Waals surface area contributed by atoms with Crippen LogP contribution >= 0.6 is 0 Å². The van der Waals surface area contributed by atoms with Crippen LogP contribution in [0.1, 0.15) is 35.7 Å². The maximum Gasteiger partial charge on any atom is 0.338 e. The summed E-state index contributed by atoms with van der Waals surface area (Å²) in [6.45, 7) is 2.44. The van der Waals surface area contributed by atoms with Crippen molar-refractivity contribution in [3.8, 4) is 23.0 Å². The molecule has 6 atom stereocenters. The maximum absolute atomic E-state index is 14.5. The van der Waals surface area contributed by atoms with Gasteiger partial charge in [-0.2, -0.15) is 0 Å². The van der Waals surface area contributed by atoms with Crippen molar-refractivity contribution in [3.05, 3.63) is 53.1 Å². The smallest absolute Gasteiger partial charge is 0.338 e. The summed E-state index contributed by atoms with van der Waals surface area (Å²) in [6.07, 6.45) is 3.06. The molecule has 4 bridgehead atoms. The van der Waals surface area contributed by atoms with E-state index in [-0.39, 0.29) is 30.4 Å². The van der Waals surface area contributed by atoms with Crippen molar-refractivity contribution >= 4 is 17.6 Å². The summed E-state index contributed by atoms with van der Waals surface area (Å²) in [7, 11) is 7.48. The lowest BCUT2D eigenvalue weighted by Gasteiger charge is -2.64. The van der Waals surface area contributed by atoms with Crippen LogP contribution < -0.4 is 24.3 Å². The number of fused-ring (bicyclic) bond motifs is 4. The summed E-state index contributed by atoms with van der Waals surface area (Å²) in [5, 5.41) is 3.72. The van der Waals surface area contributed by atoms with E-state index in [1.807, 2.05) is 25.1 Å². The molecule has 4 fully saturated rings. The maximum atomic E-state index is 14.5. The van der Waals surface area contributed by atoms with Crippen molar-refractivity contribution in [2.45, 2.75) is 43.2 Å². The van der Waals surface area contributed by atoms with Crippen molar-refractivity contribution in [3.63, 3.8) is 0 Å². The Morgan fingerprint density at radius 3 is 2.42 bits per heavy atom. The molecule has 7 rings (SSSR count). The highest BCUT2D eigenvalue weighted by atomic mass is 16.6. The molecule has 4 aliphatic heterocycles. The lowest BCUT2D eigenvalue weighted by molar-refractivity contribution is -0.191. The van der Waals surface area contributed by atoms with Gasteiger partial charge < -0.3 is 38.5 Å². The van der Waals surface area contributed by atoms with Crippen LogP contribution in [0, 0.1) is 11.3 Å². The predicted molar refractivity (Wildman–Crippen MR) is 154 cm³/mol.